The first-order valence-electron chi connectivity index (χ1n) is 10.7. The third-order valence-electron chi connectivity index (χ3n) is 6.05. The van der Waals surface area contributed by atoms with Crippen LogP contribution in [0.25, 0.3) is 16.9 Å². The normalized spacial score (nSPS) is 21.0. The molecule has 0 bridgehead atoms. The Kier molecular flexibility index (Phi) is 4.93. The fourth-order valence-electron chi connectivity index (χ4n) is 4.28. The Bertz CT molecular complexity index is 1210. The molecule has 0 aliphatic carbocycles. The molecule has 0 saturated carbocycles. The maximum Gasteiger partial charge on any atom is 0.274 e. The molecule has 5 rings (SSSR count). The van der Waals surface area contributed by atoms with Crippen LogP contribution in [0.2, 0.25) is 0 Å². The number of carbonyl (C=O) groups excluding carboxylic acids is 2. The summed E-state index contributed by atoms with van der Waals surface area (Å²) in [5.41, 5.74) is 3.32. The summed E-state index contributed by atoms with van der Waals surface area (Å²) in [6, 6.07) is 8.09. The molecule has 2 aliphatic rings. The Morgan fingerprint density at radius 3 is 2.69 bits per heavy atom. The number of aromatic nitrogens is 3. The SMILES string of the molecule is CC1OC2CN(C(=O)c3cn4nc(-c5ccc(F)cc5)cc(C(C)C)c4n3)CCN2C1=O. The van der Waals surface area contributed by atoms with Gasteiger partial charge < -0.3 is 14.5 Å². The minimum absolute atomic E-state index is 0.0334. The largest absolute Gasteiger partial charge is 0.344 e. The molecule has 0 radical (unpaired) electrons. The van der Waals surface area contributed by atoms with E-state index < -0.39 is 12.3 Å². The first-order valence-corrected chi connectivity index (χ1v) is 10.7. The van der Waals surface area contributed by atoms with Crippen molar-refractivity contribution < 1.29 is 18.7 Å². The van der Waals surface area contributed by atoms with E-state index >= 15 is 0 Å². The van der Waals surface area contributed by atoms with Crippen molar-refractivity contribution in [3.63, 3.8) is 0 Å². The second-order valence-electron chi connectivity index (χ2n) is 8.56. The van der Waals surface area contributed by atoms with Crippen LogP contribution in [-0.4, -0.2) is 68.2 Å². The lowest BCUT2D eigenvalue weighted by Gasteiger charge is -2.35. The molecule has 2 fully saturated rings. The molecule has 32 heavy (non-hydrogen) atoms. The molecule has 0 N–H and O–H groups in total. The fourth-order valence-corrected chi connectivity index (χ4v) is 4.28. The number of nitrogens with zero attached hydrogens (tertiary/aromatic N) is 5. The Morgan fingerprint density at radius 2 is 1.97 bits per heavy atom. The zero-order valence-corrected chi connectivity index (χ0v) is 18.2. The van der Waals surface area contributed by atoms with E-state index in [9.17, 15) is 14.0 Å². The number of rotatable bonds is 3. The Morgan fingerprint density at radius 1 is 1.22 bits per heavy atom. The molecule has 2 aromatic heterocycles. The standard InChI is InChI=1S/C23H24FN5O3/c1-13(2)17-10-18(15-4-6-16(24)7-5-15)26-29-11-19(25-21(17)29)23(31)27-8-9-28-20(12-27)32-14(3)22(28)30/h4-7,10-11,13-14,20H,8-9,12H2,1-3H3. The van der Waals surface area contributed by atoms with E-state index in [4.69, 9.17) is 4.74 Å². The van der Waals surface area contributed by atoms with E-state index in [1.165, 1.54) is 12.1 Å². The van der Waals surface area contributed by atoms with Gasteiger partial charge in [0.25, 0.3) is 11.8 Å². The molecule has 2 saturated heterocycles. The minimum Gasteiger partial charge on any atom is -0.344 e. The molecule has 0 spiro atoms. The van der Waals surface area contributed by atoms with Crippen molar-refractivity contribution in [2.45, 2.75) is 39.0 Å². The molecule has 2 aliphatic heterocycles. The highest BCUT2D eigenvalue weighted by Gasteiger charge is 2.42. The average molecular weight is 437 g/mol. The van der Waals surface area contributed by atoms with Gasteiger partial charge in [-0.2, -0.15) is 5.10 Å². The molecule has 2 atom stereocenters. The van der Waals surface area contributed by atoms with E-state index in [1.807, 2.05) is 6.07 Å². The van der Waals surface area contributed by atoms with Gasteiger partial charge in [-0.15, -0.1) is 0 Å². The van der Waals surface area contributed by atoms with Gasteiger partial charge in [-0.25, -0.2) is 13.9 Å². The van der Waals surface area contributed by atoms with E-state index in [2.05, 4.69) is 23.9 Å². The highest BCUT2D eigenvalue weighted by molar-refractivity contribution is 5.93. The van der Waals surface area contributed by atoms with Gasteiger partial charge in [0.05, 0.1) is 18.4 Å². The first kappa shape index (κ1) is 20.6. The van der Waals surface area contributed by atoms with Crippen LogP contribution in [-0.2, 0) is 9.53 Å². The van der Waals surface area contributed by atoms with Crippen LogP contribution in [0.1, 0.15) is 42.7 Å². The van der Waals surface area contributed by atoms with Crippen LogP contribution in [0.15, 0.2) is 36.5 Å². The molecule has 166 valence electrons. The fraction of sp³-hybridized carbons (Fsp3) is 0.391. The van der Waals surface area contributed by atoms with Gasteiger partial charge in [-0.1, -0.05) is 13.8 Å². The molecular weight excluding hydrogens is 413 g/mol. The summed E-state index contributed by atoms with van der Waals surface area (Å²) < 4.78 is 20.7. The number of halogens is 1. The summed E-state index contributed by atoms with van der Waals surface area (Å²) >= 11 is 0. The summed E-state index contributed by atoms with van der Waals surface area (Å²) in [5, 5.41) is 4.62. The minimum atomic E-state index is -0.479. The van der Waals surface area contributed by atoms with E-state index in [-0.39, 0.29) is 23.5 Å². The van der Waals surface area contributed by atoms with Gasteiger partial charge in [0, 0.05) is 24.2 Å². The predicted octanol–water partition coefficient (Wildman–Crippen LogP) is 2.69. The second-order valence-corrected chi connectivity index (χ2v) is 8.56. The quantitative estimate of drug-likeness (QED) is 0.630. The van der Waals surface area contributed by atoms with E-state index in [0.717, 1.165) is 11.1 Å². The van der Waals surface area contributed by atoms with Crippen molar-refractivity contribution in [3.05, 3.63) is 53.6 Å². The maximum absolute atomic E-state index is 13.3. The number of fused-ring (bicyclic) bond motifs is 2. The maximum atomic E-state index is 13.3. The van der Waals surface area contributed by atoms with Crippen molar-refractivity contribution in [2.24, 2.45) is 0 Å². The number of carbonyl (C=O) groups is 2. The van der Waals surface area contributed by atoms with Gasteiger partial charge >= 0.3 is 0 Å². The van der Waals surface area contributed by atoms with Gasteiger partial charge in [0.15, 0.2) is 11.9 Å². The Hall–Kier alpha value is -3.33. The van der Waals surface area contributed by atoms with Crippen LogP contribution in [0, 0.1) is 5.82 Å². The molecule has 9 heteroatoms. The van der Waals surface area contributed by atoms with Crippen LogP contribution in [0.4, 0.5) is 4.39 Å². The van der Waals surface area contributed by atoms with Gasteiger partial charge in [-0.3, -0.25) is 9.59 Å². The highest BCUT2D eigenvalue weighted by atomic mass is 19.1. The van der Waals surface area contributed by atoms with Crippen molar-refractivity contribution in [3.8, 4) is 11.3 Å². The van der Waals surface area contributed by atoms with Gasteiger partial charge in [0.2, 0.25) is 0 Å². The third-order valence-corrected chi connectivity index (χ3v) is 6.05. The molecule has 2 unspecified atom stereocenters. The molecule has 1 aromatic carbocycles. The second kappa shape index (κ2) is 7.67. The summed E-state index contributed by atoms with van der Waals surface area (Å²) in [6.45, 7) is 7.01. The summed E-state index contributed by atoms with van der Waals surface area (Å²) in [4.78, 5) is 33.3. The topological polar surface area (TPSA) is 80.0 Å². The number of hydrogen-bond acceptors (Lipinski definition) is 5. The van der Waals surface area contributed by atoms with Gasteiger partial charge in [0.1, 0.15) is 17.6 Å². The van der Waals surface area contributed by atoms with Crippen LogP contribution in [0.3, 0.4) is 0 Å². The molecular formula is C23H24FN5O3. The zero-order valence-electron chi connectivity index (χ0n) is 18.2. The number of benzene rings is 1. The number of ether oxygens (including phenoxy) is 1. The number of piperazine rings is 1. The summed E-state index contributed by atoms with van der Waals surface area (Å²) in [5.74, 6) is -0.414. The lowest BCUT2D eigenvalue weighted by molar-refractivity contribution is -0.131. The monoisotopic (exact) mass is 437 g/mol. The molecule has 4 heterocycles. The van der Waals surface area contributed by atoms with Gasteiger partial charge in [-0.05, 0) is 43.2 Å². The lowest BCUT2D eigenvalue weighted by atomic mass is 10.0. The van der Waals surface area contributed by atoms with Crippen molar-refractivity contribution in [1.29, 1.82) is 0 Å². The highest BCUT2D eigenvalue weighted by Crippen LogP contribution is 2.27. The van der Waals surface area contributed by atoms with Crippen molar-refractivity contribution >= 4 is 17.5 Å². The number of imidazole rings is 1. The summed E-state index contributed by atoms with van der Waals surface area (Å²) in [6.07, 6.45) is 0.737. The average Bonchev–Trinajstić information content (AvgIpc) is 3.33. The van der Waals surface area contributed by atoms with Crippen LogP contribution in [0.5, 0.6) is 0 Å². The van der Waals surface area contributed by atoms with Crippen LogP contribution >= 0.6 is 0 Å². The molecule has 3 aromatic rings. The van der Waals surface area contributed by atoms with E-state index in [1.54, 1.807) is 39.6 Å². The zero-order chi connectivity index (χ0) is 22.6. The lowest BCUT2D eigenvalue weighted by Crippen LogP contribution is -2.53. The Labute approximate surface area is 184 Å². The Balaban J connectivity index is 1.47. The smallest absolute Gasteiger partial charge is 0.274 e. The van der Waals surface area contributed by atoms with E-state index in [0.29, 0.717) is 36.7 Å². The summed E-state index contributed by atoms with van der Waals surface area (Å²) in [7, 11) is 0. The van der Waals surface area contributed by atoms with Crippen LogP contribution < -0.4 is 0 Å². The third kappa shape index (κ3) is 3.42. The molecule has 8 nitrogen and oxygen atoms in total. The van der Waals surface area contributed by atoms with Crippen molar-refractivity contribution in [1.82, 2.24) is 24.4 Å². The number of hydrogen-bond donors (Lipinski definition) is 0. The van der Waals surface area contributed by atoms with Crippen molar-refractivity contribution in [2.75, 3.05) is 19.6 Å². The first-order chi connectivity index (χ1) is 15.3. The predicted molar refractivity (Wildman–Crippen MR) is 114 cm³/mol. The molecule has 2 amide bonds. The number of amides is 2.